The third-order valence-electron chi connectivity index (χ3n) is 7.79. The predicted octanol–water partition coefficient (Wildman–Crippen LogP) is 1.58. The van der Waals surface area contributed by atoms with Gasteiger partial charge in [-0.25, -0.2) is 0 Å². The maximum Gasteiger partial charge on any atom is 0.245 e. The summed E-state index contributed by atoms with van der Waals surface area (Å²) in [6, 6.07) is -1.28. The lowest BCUT2D eigenvalue weighted by Gasteiger charge is -2.43. The van der Waals surface area contributed by atoms with Crippen LogP contribution >= 0.6 is 0 Å². The number of hydrogen-bond acceptors (Lipinski definition) is 4. The Hall–Kier alpha value is -2.12. The minimum atomic E-state index is -0.722. The molecule has 4 aliphatic rings. The normalized spacial score (nSPS) is 28.2. The summed E-state index contributed by atoms with van der Waals surface area (Å²) in [5, 5.41) is 5.68. The highest BCUT2D eigenvalue weighted by Crippen LogP contribution is 2.29. The molecule has 4 fully saturated rings. The molecule has 2 aliphatic carbocycles. The molecule has 2 atom stereocenters. The van der Waals surface area contributed by atoms with E-state index in [1.165, 1.54) is 6.42 Å². The fourth-order valence-electron chi connectivity index (χ4n) is 5.84. The molecule has 2 saturated heterocycles. The second-order valence-electron chi connectivity index (χ2n) is 10.00. The number of carbonyl (C=O) groups is 4. The van der Waals surface area contributed by atoms with E-state index in [4.69, 9.17) is 0 Å². The molecule has 2 saturated carbocycles. The first-order valence-corrected chi connectivity index (χ1v) is 12.7. The maximum atomic E-state index is 13.4. The van der Waals surface area contributed by atoms with Gasteiger partial charge in [0.25, 0.3) is 0 Å². The third-order valence-corrected chi connectivity index (χ3v) is 7.79. The second-order valence-corrected chi connectivity index (χ2v) is 10.00. The zero-order valence-electron chi connectivity index (χ0n) is 19.2. The third kappa shape index (κ3) is 5.26. The SMILES string of the molecule is O=C1NCCCC1NC(=O)C1CN(C(=O)C2CCCCC2)CCN1C(=O)C1CCCCC1. The average molecular weight is 447 g/mol. The first kappa shape index (κ1) is 23.1. The molecule has 2 N–H and O–H groups in total. The lowest BCUT2D eigenvalue weighted by atomic mass is 9.87. The van der Waals surface area contributed by atoms with E-state index in [2.05, 4.69) is 10.6 Å². The molecule has 0 spiro atoms. The predicted molar refractivity (Wildman–Crippen MR) is 119 cm³/mol. The number of nitrogens with zero attached hydrogens (tertiary/aromatic N) is 2. The van der Waals surface area contributed by atoms with Crippen molar-refractivity contribution in [3.05, 3.63) is 0 Å². The van der Waals surface area contributed by atoms with Crippen molar-refractivity contribution in [3.8, 4) is 0 Å². The first-order valence-electron chi connectivity index (χ1n) is 12.7. The number of piperidine rings is 1. The van der Waals surface area contributed by atoms with Gasteiger partial charge in [0.1, 0.15) is 12.1 Å². The lowest BCUT2D eigenvalue weighted by molar-refractivity contribution is -0.153. The van der Waals surface area contributed by atoms with Crippen molar-refractivity contribution in [2.45, 2.75) is 89.1 Å². The van der Waals surface area contributed by atoms with Crippen molar-refractivity contribution in [1.82, 2.24) is 20.4 Å². The van der Waals surface area contributed by atoms with Crippen LogP contribution in [0.3, 0.4) is 0 Å². The maximum absolute atomic E-state index is 13.4. The van der Waals surface area contributed by atoms with Crippen molar-refractivity contribution in [3.63, 3.8) is 0 Å². The summed E-state index contributed by atoms with van der Waals surface area (Å²) in [5.41, 5.74) is 0. The molecule has 4 rings (SSSR count). The molecule has 8 heteroatoms. The van der Waals surface area contributed by atoms with Crippen LogP contribution in [-0.4, -0.2) is 71.7 Å². The van der Waals surface area contributed by atoms with Gasteiger partial charge >= 0.3 is 0 Å². The van der Waals surface area contributed by atoms with Gasteiger partial charge in [-0.05, 0) is 38.5 Å². The molecule has 0 aromatic carbocycles. The summed E-state index contributed by atoms with van der Waals surface area (Å²) >= 11 is 0. The van der Waals surface area contributed by atoms with E-state index in [1.807, 2.05) is 0 Å². The molecule has 178 valence electrons. The van der Waals surface area contributed by atoms with Gasteiger partial charge in [-0.2, -0.15) is 0 Å². The van der Waals surface area contributed by atoms with Gasteiger partial charge in [0.05, 0.1) is 6.54 Å². The van der Waals surface area contributed by atoms with Crippen molar-refractivity contribution in [2.75, 3.05) is 26.2 Å². The van der Waals surface area contributed by atoms with Gasteiger partial charge in [0.15, 0.2) is 0 Å². The van der Waals surface area contributed by atoms with Crippen molar-refractivity contribution < 1.29 is 19.2 Å². The highest BCUT2D eigenvalue weighted by atomic mass is 16.2. The lowest BCUT2D eigenvalue weighted by Crippen LogP contribution is -2.64. The monoisotopic (exact) mass is 446 g/mol. The Balaban J connectivity index is 1.47. The van der Waals surface area contributed by atoms with Crippen LogP contribution in [0.25, 0.3) is 0 Å². The van der Waals surface area contributed by atoms with Gasteiger partial charge in [-0.3, -0.25) is 19.2 Å². The Morgan fingerprint density at radius 2 is 1.41 bits per heavy atom. The number of carbonyl (C=O) groups excluding carboxylic acids is 4. The van der Waals surface area contributed by atoms with Crippen molar-refractivity contribution in [1.29, 1.82) is 0 Å². The Morgan fingerprint density at radius 3 is 2.03 bits per heavy atom. The summed E-state index contributed by atoms with van der Waals surface area (Å²) in [6.45, 7) is 1.74. The van der Waals surface area contributed by atoms with Gasteiger partial charge < -0.3 is 20.4 Å². The highest BCUT2D eigenvalue weighted by molar-refractivity contribution is 5.93. The number of nitrogens with one attached hydrogen (secondary N) is 2. The molecule has 8 nitrogen and oxygen atoms in total. The Kier molecular flexibility index (Phi) is 7.68. The zero-order valence-corrected chi connectivity index (χ0v) is 19.2. The fourth-order valence-corrected chi connectivity index (χ4v) is 5.84. The van der Waals surface area contributed by atoms with E-state index in [9.17, 15) is 19.2 Å². The molecule has 0 radical (unpaired) electrons. The first-order chi connectivity index (χ1) is 15.5. The minimum absolute atomic E-state index is 0.0300. The Bertz CT molecular complexity index is 715. The van der Waals surface area contributed by atoms with Crippen LogP contribution in [0.1, 0.15) is 77.0 Å². The Morgan fingerprint density at radius 1 is 0.781 bits per heavy atom. The molecule has 4 amide bonds. The van der Waals surface area contributed by atoms with E-state index in [-0.39, 0.29) is 42.0 Å². The van der Waals surface area contributed by atoms with Crippen LogP contribution in [0.15, 0.2) is 0 Å². The molecule has 32 heavy (non-hydrogen) atoms. The van der Waals surface area contributed by atoms with Gasteiger partial charge in [0.2, 0.25) is 23.6 Å². The summed E-state index contributed by atoms with van der Waals surface area (Å²) in [6.07, 6.45) is 11.6. The van der Waals surface area contributed by atoms with Crippen molar-refractivity contribution in [2.24, 2.45) is 11.8 Å². The number of rotatable bonds is 4. The molecule has 0 bridgehead atoms. The summed E-state index contributed by atoms with van der Waals surface area (Å²) in [4.78, 5) is 55.6. The van der Waals surface area contributed by atoms with Crippen LogP contribution in [0.5, 0.6) is 0 Å². The second kappa shape index (κ2) is 10.7. The van der Waals surface area contributed by atoms with Gasteiger partial charge in [-0.15, -0.1) is 0 Å². The summed E-state index contributed by atoms with van der Waals surface area (Å²) in [5.74, 6) is -0.293. The molecular formula is C24H38N4O4. The quantitative estimate of drug-likeness (QED) is 0.685. The van der Waals surface area contributed by atoms with Crippen LogP contribution in [0.2, 0.25) is 0 Å². The largest absolute Gasteiger partial charge is 0.354 e. The molecule has 0 aromatic rings. The van der Waals surface area contributed by atoms with E-state index < -0.39 is 12.1 Å². The van der Waals surface area contributed by atoms with E-state index in [0.717, 1.165) is 64.2 Å². The summed E-state index contributed by atoms with van der Waals surface area (Å²) < 4.78 is 0. The highest BCUT2D eigenvalue weighted by Gasteiger charge is 2.41. The molecular weight excluding hydrogens is 408 g/mol. The smallest absolute Gasteiger partial charge is 0.245 e. The number of amides is 4. The average Bonchev–Trinajstić information content (AvgIpc) is 2.85. The van der Waals surface area contributed by atoms with Crippen LogP contribution in [0.4, 0.5) is 0 Å². The standard InChI is InChI=1S/C24H38N4O4/c29-21-19(12-7-13-25-21)26-22(30)20-16-27(23(31)17-8-3-1-4-9-17)14-15-28(20)24(32)18-10-5-2-6-11-18/h17-20H,1-16H2,(H,25,29)(H,26,30). The molecule has 0 aromatic heterocycles. The molecule has 2 aliphatic heterocycles. The fraction of sp³-hybridized carbons (Fsp3) is 0.833. The molecule has 2 heterocycles. The van der Waals surface area contributed by atoms with Crippen LogP contribution < -0.4 is 10.6 Å². The minimum Gasteiger partial charge on any atom is -0.354 e. The topological polar surface area (TPSA) is 98.8 Å². The van der Waals surface area contributed by atoms with Gasteiger partial charge in [0, 0.05) is 31.5 Å². The summed E-state index contributed by atoms with van der Waals surface area (Å²) in [7, 11) is 0. The van der Waals surface area contributed by atoms with Crippen molar-refractivity contribution >= 4 is 23.6 Å². The van der Waals surface area contributed by atoms with Gasteiger partial charge in [-0.1, -0.05) is 38.5 Å². The molecule has 2 unspecified atom stereocenters. The number of piperazine rings is 1. The van der Waals surface area contributed by atoms with E-state index in [0.29, 0.717) is 26.1 Å². The van der Waals surface area contributed by atoms with E-state index >= 15 is 0 Å². The van der Waals surface area contributed by atoms with Crippen LogP contribution in [-0.2, 0) is 19.2 Å². The van der Waals surface area contributed by atoms with E-state index in [1.54, 1.807) is 9.80 Å². The van der Waals surface area contributed by atoms with Crippen LogP contribution in [0, 0.1) is 11.8 Å². The zero-order chi connectivity index (χ0) is 22.5. The number of hydrogen-bond donors (Lipinski definition) is 2. The Labute approximate surface area is 190 Å².